The number of methoxy groups -OCH3 is 1. The molecule has 4 heteroatoms. The Balaban J connectivity index is 2.28. The average molecular weight is 377 g/mol. The van der Waals surface area contributed by atoms with Crippen molar-refractivity contribution in [1.82, 2.24) is 0 Å². The van der Waals surface area contributed by atoms with Crippen molar-refractivity contribution in [3.05, 3.63) is 28.2 Å². The summed E-state index contributed by atoms with van der Waals surface area (Å²) in [7, 11) is 1.82. The van der Waals surface area contributed by atoms with E-state index >= 15 is 0 Å². The van der Waals surface area contributed by atoms with Gasteiger partial charge in [-0.3, -0.25) is 0 Å². The molecule has 1 aliphatic heterocycles. The van der Waals surface area contributed by atoms with Gasteiger partial charge < -0.3 is 9.64 Å². The molecule has 1 aromatic carbocycles. The molecule has 1 saturated heterocycles. The summed E-state index contributed by atoms with van der Waals surface area (Å²) in [6, 6.07) is 6.48. The minimum Gasteiger partial charge on any atom is -0.377 e. The van der Waals surface area contributed by atoms with E-state index in [1.165, 1.54) is 17.7 Å². The first-order valence-electron chi connectivity index (χ1n) is 6.22. The zero-order valence-electron chi connectivity index (χ0n) is 10.9. The van der Waals surface area contributed by atoms with Crippen LogP contribution in [-0.2, 0) is 10.1 Å². The van der Waals surface area contributed by atoms with Gasteiger partial charge in [0.1, 0.15) is 0 Å². The van der Waals surface area contributed by atoms with Crippen molar-refractivity contribution in [2.24, 2.45) is 0 Å². The lowest BCUT2D eigenvalue weighted by molar-refractivity contribution is -0.00467. The summed E-state index contributed by atoms with van der Waals surface area (Å²) in [5.41, 5.74) is 2.62. The quantitative estimate of drug-likeness (QED) is 0.727. The fourth-order valence-corrected chi connectivity index (χ4v) is 3.35. The predicted octanol–water partition coefficient (Wildman–Crippen LogP) is 4.35. The molecule has 0 N–H and O–H groups in total. The molecule has 0 aromatic heterocycles. The van der Waals surface area contributed by atoms with Crippen LogP contribution in [0.2, 0.25) is 0 Å². The van der Waals surface area contributed by atoms with Crippen LogP contribution in [0.15, 0.2) is 22.7 Å². The highest BCUT2D eigenvalue weighted by Gasteiger charge is 2.31. The zero-order chi connectivity index (χ0) is 13.2. The van der Waals surface area contributed by atoms with Gasteiger partial charge >= 0.3 is 0 Å². The number of alkyl halides is 1. The molecule has 0 spiro atoms. The van der Waals surface area contributed by atoms with E-state index in [0.29, 0.717) is 0 Å². The number of anilines is 1. The van der Waals surface area contributed by atoms with Gasteiger partial charge in [0.05, 0.1) is 5.60 Å². The molecule has 18 heavy (non-hydrogen) atoms. The summed E-state index contributed by atoms with van der Waals surface area (Å²) in [6.07, 6.45) is 2.32. The molecule has 1 fully saturated rings. The average Bonchev–Trinajstić information content (AvgIpc) is 2.39. The maximum absolute atomic E-state index is 5.67. The highest BCUT2D eigenvalue weighted by atomic mass is 79.9. The summed E-state index contributed by atoms with van der Waals surface area (Å²) in [4.78, 5) is 2.44. The molecule has 2 rings (SSSR count). The summed E-state index contributed by atoms with van der Waals surface area (Å²) >= 11 is 7.14. The van der Waals surface area contributed by atoms with Gasteiger partial charge in [0.15, 0.2) is 0 Å². The lowest BCUT2D eigenvalue weighted by Gasteiger charge is -2.41. The molecule has 1 unspecified atom stereocenters. The topological polar surface area (TPSA) is 12.5 Å². The third kappa shape index (κ3) is 3.09. The second kappa shape index (κ2) is 5.93. The van der Waals surface area contributed by atoms with Crippen LogP contribution in [-0.4, -0.2) is 25.8 Å². The lowest BCUT2D eigenvalue weighted by atomic mass is 9.94. The van der Waals surface area contributed by atoms with Crippen LogP contribution in [0.4, 0.5) is 5.69 Å². The van der Waals surface area contributed by atoms with Crippen LogP contribution in [0.25, 0.3) is 0 Å². The fourth-order valence-electron chi connectivity index (χ4n) is 2.52. The molecule has 2 nitrogen and oxygen atoms in total. The minimum absolute atomic E-state index is 0.0237. The Kier molecular flexibility index (Phi) is 4.73. The van der Waals surface area contributed by atoms with Crippen LogP contribution < -0.4 is 4.90 Å². The van der Waals surface area contributed by atoms with Crippen molar-refractivity contribution in [2.45, 2.75) is 30.7 Å². The van der Waals surface area contributed by atoms with Crippen molar-refractivity contribution in [3.8, 4) is 0 Å². The van der Waals surface area contributed by atoms with E-state index in [0.717, 1.165) is 29.3 Å². The Morgan fingerprint density at radius 3 is 2.89 bits per heavy atom. The fraction of sp³-hybridized carbons (Fsp3) is 0.571. The third-order valence-corrected chi connectivity index (χ3v) is 4.78. The molecular formula is C14H19Br2NO. The minimum atomic E-state index is -0.0237. The van der Waals surface area contributed by atoms with E-state index in [-0.39, 0.29) is 5.60 Å². The molecule has 0 bridgehead atoms. The summed E-state index contributed by atoms with van der Waals surface area (Å²) in [6.45, 7) is 4.26. The molecule has 100 valence electrons. The number of ether oxygens (including phenoxy) is 1. The van der Waals surface area contributed by atoms with E-state index in [4.69, 9.17) is 4.74 Å². The Bertz CT molecular complexity index is 424. The van der Waals surface area contributed by atoms with Gasteiger partial charge in [-0.1, -0.05) is 37.9 Å². The van der Waals surface area contributed by atoms with Crippen molar-refractivity contribution in [3.63, 3.8) is 0 Å². The number of halogens is 2. The summed E-state index contributed by atoms with van der Waals surface area (Å²) < 4.78 is 6.80. The van der Waals surface area contributed by atoms with E-state index < -0.39 is 0 Å². The molecule has 0 amide bonds. The van der Waals surface area contributed by atoms with E-state index in [2.05, 4.69) is 61.9 Å². The number of rotatable bonds is 3. The Hall–Kier alpha value is -0.0600. The van der Waals surface area contributed by atoms with Crippen molar-refractivity contribution in [1.29, 1.82) is 0 Å². The summed E-state index contributed by atoms with van der Waals surface area (Å²) in [5.74, 6) is 0. The van der Waals surface area contributed by atoms with Crippen LogP contribution >= 0.6 is 31.9 Å². The van der Waals surface area contributed by atoms with Crippen LogP contribution in [0, 0.1) is 0 Å². The van der Waals surface area contributed by atoms with Gasteiger partial charge in [-0.2, -0.15) is 0 Å². The van der Waals surface area contributed by atoms with Gasteiger partial charge in [0.2, 0.25) is 0 Å². The highest BCUT2D eigenvalue weighted by molar-refractivity contribution is 9.10. The van der Waals surface area contributed by atoms with Gasteiger partial charge in [0.25, 0.3) is 0 Å². The Morgan fingerprint density at radius 1 is 1.44 bits per heavy atom. The number of hydrogen-bond donors (Lipinski definition) is 0. The van der Waals surface area contributed by atoms with E-state index in [1.807, 2.05) is 7.11 Å². The number of hydrogen-bond acceptors (Lipinski definition) is 2. The monoisotopic (exact) mass is 375 g/mol. The standard InChI is InChI=1S/C14H19Br2NO/c1-14(18-2)6-3-7-17(10-14)13-8-12(16)5-4-11(13)9-15/h4-5,8H,3,6-7,9-10H2,1-2H3. The van der Waals surface area contributed by atoms with Crippen molar-refractivity contribution >= 4 is 37.5 Å². The van der Waals surface area contributed by atoms with Crippen LogP contribution in [0.5, 0.6) is 0 Å². The predicted molar refractivity (Wildman–Crippen MR) is 83.6 cm³/mol. The van der Waals surface area contributed by atoms with Crippen molar-refractivity contribution < 1.29 is 4.74 Å². The molecule has 0 aliphatic carbocycles. The maximum atomic E-state index is 5.67. The molecular weight excluding hydrogens is 358 g/mol. The number of benzene rings is 1. The largest absolute Gasteiger partial charge is 0.377 e. The van der Waals surface area contributed by atoms with E-state index in [9.17, 15) is 0 Å². The lowest BCUT2D eigenvalue weighted by Crippen LogP contribution is -2.47. The molecule has 1 atom stereocenters. The van der Waals surface area contributed by atoms with Crippen LogP contribution in [0.3, 0.4) is 0 Å². The van der Waals surface area contributed by atoms with Gasteiger partial charge in [-0.05, 0) is 37.5 Å². The van der Waals surface area contributed by atoms with Gasteiger partial charge in [-0.25, -0.2) is 0 Å². The SMILES string of the molecule is COC1(C)CCCN(c2cc(Br)ccc2CBr)C1. The smallest absolute Gasteiger partial charge is 0.0825 e. The Morgan fingerprint density at radius 2 is 2.22 bits per heavy atom. The molecule has 1 heterocycles. The normalized spacial score (nSPS) is 24.3. The number of nitrogens with zero attached hydrogens (tertiary/aromatic N) is 1. The first kappa shape index (κ1) is 14.4. The first-order chi connectivity index (χ1) is 8.58. The first-order valence-corrected chi connectivity index (χ1v) is 8.14. The zero-order valence-corrected chi connectivity index (χ0v) is 14.1. The third-order valence-electron chi connectivity index (χ3n) is 3.68. The second-order valence-corrected chi connectivity index (χ2v) is 6.56. The van der Waals surface area contributed by atoms with Crippen LogP contribution in [0.1, 0.15) is 25.3 Å². The maximum Gasteiger partial charge on any atom is 0.0825 e. The molecule has 0 saturated carbocycles. The van der Waals surface area contributed by atoms with E-state index in [1.54, 1.807) is 0 Å². The summed E-state index contributed by atoms with van der Waals surface area (Å²) in [5, 5.41) is 0.885. The Labute approximate surface area is 126 Å². The van der Waals surface area contributed by atoms with Gasteiger partial charge in [-0.15, -0.1) is 0 Å². The number of piperidine rings is 1. The second-order valence-electron chi connectivity index (χ2n) is 5.09. The van der Waals surface area contributed by atoms with Crippen molar-refractivity contribution in [2.75, 3.05) is 25.1 Å². The molecule has 1 aromatic rings. The van der Waals surface area contributed by atoms with Gasteiger partial charge in [0, 0.05) is 35.7 Å². The molecule has 1 aliphatic rings. The highest BCUT2D eigenvalue weighted by Crippen LogP contribution is 2.32. The molecule has 0 radical (unpaired) electrons.